The van der Waals surface area contributed by atoms with Crippen LogP contribution in [0.25, 0.3) is 0 Å². The molecule has 0 radical (unpaired) electrons. The average Bonchev–Trinajstić information content (AvgIpc) is 3.13. The molecule has 0 unspecified atom stereocenters. The molecule has 142 valence electrons. The van der Waals surface area contributed by atoms with E-state index in [4.69, 9.17) is 4.74 Å². The fraction of sp³-hybridized carbons (Fsp3) is 0.600. The van der Waals surface area contributed by atoms with Crippen molar-refractivity contribution in [3.8, 4) is 0 Å². The van der Waals surface area contributed by atoms with Crippen LogP contribution in [0.4, 0.5) is 11.4 Å². The molecule has 6 nitrogen and oxygen atoms in total. The zero-order chi connectivity index (χ0) is 18.5. The average molecular weight is 359 g/mol. The number of rotatable bonds is 5. The second-order valence-corrected chi connectivity index (χ2v) is 7.43. The van der Waals surface area contributed by atoms with Gasteiger partial charge in [-0.1, -0.05) is 6.92 Å². The molecule has 2 aliphatic heterocycles. The van der Waals surface area contributed by atoms with Crippen LogP contribution >= 0.6 is 0 Å². The molecular weight excluding hydrogens is 330 g/mol. The second-order valence-electron chi connectivity index (χ2n) is 7.43. The Bertz CT molecular complexity index is 648. The lowest BCUT2D eigenvalue weighted by Gasteiger charge is -2.33. The van der Waals surface area contributed by atoms with Gasteiger partial charge in [-0.25, -0.2) is 0 Å². The zero-order valence-corrected chi connectivity index (χ0v) is 15.7. The summed E-state index contributed by atoms with van der Waals surface area (Å²) in [6, 6.07) is 5.59. The number of anilines is 2. The van der Waals surface area contributed by atoms with Crippen molar-refractivity contribution in [3.05, 3.63) is 23.8 Å². The highest BCUT2D eigenvalue weighted by Crippen LogP contribution is 2.28. The van der Waals surface area contributed by atoms with Crippen LogP contribution in [0.1, 0.15) is 49.9 Å². The molecule has 0 bridgehead atoms. The number of nitrogens with zero attached hydrogens (tertiary/aromatic N) is 1. The van der Waals surface area contributed by atoms with E-state index in [9.17, 15) is 9.59 Å². The maximum Gasteiger partial charge on any atom is 0.253 e. The van der Waals surface area contributed by atoms with Gasteiger partial charge in [-0.15, -0.1) is 0 Å². The van der Waals surface area contributed by atoms with Crippen LogP contribution in [0.5, 0.6) is 0 Å². The van der Waals surface area contributed by atoms with Crippen LogP contribution in [-0.2, 0) is 9.53 Å². The molecule has 0 aliphatic carbocycles. The van der Waals surface area contributed by atoms with Gasteiger partial charge in [-0.3, -0.25) is 9.59 Å². The molecule has 2 aliphatic rings. The highest BCUT2D eigenvalue weighted by molar-refractivity contribution is 6.02. The number of carbonyl (C=O) groups is 2. The molecule has 1 aromatic carbocycles. The van der Waals surface area contributed by atoms with Crippen LogP contribution in [-0.4, -0.2) is 44.2 Å². The number of nitrogens with one attached hydrogen (secondary N) is 2. The molecule has 2 fully saturated rings. The molecule has 3 rings (SSSR count). The summed E-state index contributed by atoms with van der Waals surface area (Å²) in [4.78, 5) is 26.5. The summed E-state index contributed by atoms with van der Waals surface area (Å²) in [6.07, 6.45) is 4.41. The van der Waals surface area contributed by atoms with Crippen molar-refractivity contribution in [1.29, 1.82) is 0 Å². The molecule has 1 atom stereocenters. The van der Waals surface area contributed by atoms with Gasteiger partial charge < -0.3 is 20.3 Å². The monoisotopic (exact) mass is 359 g/mol. The first-order valence-corrected chi connectivity index (χ1v) is 9.59. The first-order valence-electron chi connectivity index (χ1n) is 9.59. The number of benzene rings is 1. The van der Waals surface area contributed by atoms with Gasteiger partial charge in [0.1, 0.15) is 0 Å². The second kappa shape index (κ2) is 8.54. The molecule has 2 saturated heterocycles. The van der Waals surface area contributed by atoms with Crippen LogP contribution in [0.3, 0.4) is 0 Å². The maximum atomic E-state index is 12.9. The smallest absolute Gasteiger partial charge is 0.253 e. The van der Waals surface area contributed by atoms with Crippen LogP contribution in [0.2, 0.25) is 0 Å². The van der Waals surface area contributed by atoms with E-state index in [1.54, 1.807) is 6.07 Å². The van der Waals surface area contributed by atoms with Crippen LogP contribution in [0.15, 0.2) is 18.2 Å². The molecular formula is C20H29N3O3. The molecule has 6 heteroatoms. The molecule has 2 heterocycles. The third-order valence-corrected chi connectivity index (χ3v) is 5.20. The summed E-state index contributed by atoms with van der Waals surface area (Å²) in [5.41, 5.74) is 2.20. The topological polar surface area (TPSA) is 70.7 Å². The molecule has 0 spiro atoms. The highest BCUT2D eigenvalue weighted by Gasteiger charge is 2.23. The Hall–Kier alpha value is -2.08. The van der Waals surface area contributed by atoms with E-state index in [1.165, 1.54) is 6.92 Å². The third-order valence-electron chi connectivity index (χ3n) is 5.20. The Morgan fingerprint density at radius 3 is 2.65 bits per heavy atom. The Labute approximate surface area is 155 Å². The first-order chi connectivity index (χ1) is 12.5. The van der Waals surface area contributed by atoms with Gasteiger partial charge in [0.15, 0.2) is 0 Å². The van der Waals surface area contributed by atoms with E-state index in [-0.39, 0.29) is 17.9 Å². The Morgan fingerprint density at radius 1 is 1.23 bits per heavy atom. The summed E-state index contributed by atoms with van der Waals surface area (Å²) >= 11 is 0. The zero-order valence-electron chi connectivity index (χ0n) is 15.7. The fourth-order valence-electron chi connectivity index (χ4n) is 3.63. The van der Waals surface area contributed by atoms with Gasteiger partial charge in [-0.05, 0) is 49.8 Å². The van der Waals surface area contributed by atoms with Gasteiger partial charge >= 0.3 is 0 Å². The summed E-state index contributed by atoms with van der Waals surface area (Å²) in [5.74, 6) is 0.471. The number of amides is 2. The van der Waals surface area contributed by atoms with Crippen molar-refractivity contribution in [3.63, 3.8) is 0 Å². The minimum Gasteiger partial charge on any atom is -0.376 e. The Morgan fingerprint density at radius 2 is 2.00 bits per heavy atom. The van der Waals surface area contributed by atoms with Gasteiger partial charge in [0.2, 0.25) is 5.91 Å². The van der Waals surface area contributed by atoms with Crippen LogP contribution in [0, 0.1) is 5.92 Å². The van der Waals surface area contributed by atoms with Crippen molar-refractivity contribution in [1.82, 2.24) is 5.32 Å². The van der Waals surface area contributed by atoms with Crippen LogP contribution < -0.4 is 15.5 Å². The molecule has 1 aromatic rings. The van der Waals surface area contributed by atoms with Crippen molar-refractivity contribution in [2.75, 3.05) is 36.5 Å². The minimum absolute atomic E-state index is 0.108. The minimum atomic E-state index is -0.143. The summed E-state index contributed by atoms with van der Waals surface area (Å²) < 4.78 is 5.59. The number of ether oxygens (including phenoxy) is 1. The van der Waals surface area contributed by atoms with Gasteiger partial charge in [-0.2, -0.15) is 0 Å². The summed E-state index contributed by atoms with van der Waals surface area (Å²) in [6.45, 7) is 6.94. The number of hydrogen-bond donors (Lipinski definition) is 2. The van der Waals surface area contributed by atoms with E-state index in [0.29, 0.717) is 17.8 Å². The largest absolute Gasteiger partial charge is 0.376 e. The van der Waals surface area contributed by atoms with E-state index < -0.39 is 0 Å². The lowest BCUT2D eigenvalue weighted by molar-refractivity contribution is -0.114. The molecule has 0 saturated carbocycles. The number of piperidine rings is 1. The van der Waals surface area contributed by atoms with Crippen molar-refractivity contribution >= 4 is 23.2 Å². The first kappa shape index (κ1) is 18.7. The van der Waals surface area contributed by atoms with Crippen molar-refractivity contribution in [2.24, 2.45) is 5.92 Å². The molecule has 2 amide bonds. The van der Waals surface area contributed by atoms with E-state index in [2.05, 4.69) is 22.5 Å². The highest BCUT2D eigenvalue weighted by atomic mass is 16.5. The Kier molecular flexibility index (Phi) is 6.14. The SMILES string of the molecule is CC(=O)Nc1ccc(N2CCC(C)CC2)c(C(=O)NC[C@H]2CCCO2)c1. The number of hydrogen-bond acceptors (Lipinski definition) is 4. The van der Waals surface area contributed by atoms with E-state index in [1.807, 2.05) is 12.1 Å². The van der Waals surface area contributed by atoms with Gasteiger partial charge in [0, 0.05) is 44.5 Å². The Balaban J connectivity index is 1.78. The van der Waals surface area contributed by atoms with Crippen molar-refractivity contribution in [2.45, 2.75) is 45.6 Å². The predicted molar refractivity (Wildman–Crippen MR) is 103 cm³/mol. The van der Waals surface area contributed by atoms with Gasteiger partial charge in [0.25, 0.3) is 5.91 Å². The van der Waals surface area contributed by atoms with Gasteiger partial charge in [0.05, 0.1) is 11.7 Å². The molecule has 0 aromatic heterocycles. The normalized spacial score (nSPS) is 20.8. The number of carbonyl (C=O) groups excluding carboxylic acids is 2. The lowest BCUT2D eigenvalue weighted by Crippen LogP contribution is -2.36. The quantitative estimate of drug-likeness (QED) is 0.848. The standard InChI is InChI=1S/C20H29N3O3/c1-14-7-9-23(10-8-14)19-6-5-16(22-15(2)24)12-18(19)20(25)21-13-17-4-3-11-26-17/h5-6,12,14,17H,3-4,7-11,13H2,1-2H3,(H,21,25)(H,22,24)/t17-/m1/s1. The van der Waals surface area contributed by atoms with Crippen molar-refractivity contribution < 1.29 is 14.3 Å². The molecule has 2 N–H and O–H groups in total. The van der Waals surface area contributed by atoms with E-state index >= 15 is 0 Å². The lowest BCUT2D eigenvalue weighted by atomic mass is 9.97. The summed E-state index contributed by atoms with van der Waals surface area (Å²) in [5, 5.41) is 5.78. The third kappa shape index (κ3) is 4.75. The maximum absolute atomic E-state index is 12.9. The summed E-state index contributed by atoms with van der Waals surface area (Å²) in [7, 11) is 0. The van der Waals surface area contributed by atoms with E-state index in [0.717, 1.165) is 57.0 Å². The predicted octanol–water partition coefficient (Wildman–Crippen LogP) is 2.79. The molecule has 26 heavy (non-hydrogen) atoms. The fourth-order valence-corrected chi connectivity index (χ4v) is 3.63.